The van der Waals surface area contributed by atoms with Crippen LogP contribution in [0.1, 0.15) is 37.7 Å². The zero-order chi connectivity index (χ0) is 32.5. The van der Waals surface area contributed by atoms with Gasteiger partial charge in [0, 0.05) is 19.5 Å². The number of carbonyl (C=O) groups excluding carboxylic acids is 4. The number of aliphatic imine (C=N–C) groups is 2. The Hall–Kier alpha value is -5.13. The molecule has 4 amide bonds. The summed E-state index contributed by atoms with van der Waals surface area (Å²) in [6.45, 7) is 0.332. The number of primary amides is 1. The Morgan fingerprint density at radius 2 is 1.21 bits per heavy atom. The van der Waals surface area contributed by atoms with Crippen molar-refractivity contribution in [3.63, 3.8) is 0 Å². The first kappa shape index (κ1) is 35.9. The summed E-state index contributed by atoms with van der Waals surface area (Å²) >= 11 is 0. The Morgan fingerprint density at radius 3 is 1.72 bits per heavy atom. The summed E-state index contributed by atoms with van der Waals surface area (Å²) in [5, 5.41) is 26.3. The normalized spacial score (nSPS) is 13.3. The molecule has 4 atom stereocenters. The molecule has 0 saturated heterocycles. The van der Waals surface area contributed by atoms with Crippen LogP contribution in [0.5, 0.6) is 5.75 Å². The minimum Gasteiger partial charge on any atom is -0.508 e. The molecule has 0 heterocycles. The van der Waals surface area contributed by atoms with Gasteiger partial charge in [0.25, 0.3) is 0 Å². The van der Waals surface area contributed by atoms with Gasteiger partial charge in [-0.1, -0.05) is 12.1 Å². The van der Waals surface area contributed by atoms with Crippen LogP contribution >= 0.6 is 0 Å². The van der Waals surface area contributed by atoms with E-state index in [0.29, 0.717) is 12.0 Å². The van der Waals surface area contributed by atoms with Crippen LogP contribution in [-0.2, 0) is 30.4 Å². The quantitative estimate of drug-likeness (QED) is 0.0405. The maximum absolute atomic E-state index is 13.5. The van der Waals surface area contributed by atoms with Gasteiger partial charge in [0.2, 0.25) is 23.6 Å². The molecule has 0 aliphatic carbocycles. The Kier molecular flexibility index (Phi) is 15.3. The number of phenols is 1. The van der Waals surface area contributed by atoms with E-state index in [4.69, 9.17) is 34.4 Å². The number of phenolic OH excluding ortho intramolecular Hbond substituents is 1. The first-order valence-electron chi connectivity index (χ1n) is 13.3. The topological polar surface area (TPSA) is 343 Å². The van der Waals surface area contributed by atoms with Gasteiger partial charge in [-0.25, -0.2) is 4.79 Å². The molecular formula is C25H41N11O7. The first-order chi connectivity index (χ1) is 20.2. The van der Waals surface area contributed by atoms with Gasteiger partial charge in [-0.3, -0.25) is 29.2 Å². The van der Waals surface area contributed by atoms with Gasteiger partial charge in [0.15, 0.2) is 11.9 Å². The van der Waals surface area contributed by atoms with Gasteiger partial charge in [-0.15, -0.1) is 0 Å². The van der Waals surface area contributed by atoms with E-state index in [-0.39, 0.29) is 56.4 Å². The molecule has 0 aromatic heterocycles. The molecule has 0 saturated carbocycles. The van der Waals surface area contributed by atoms with E-state index < -0.39 is 60.2 Å². The van der Waals surface area contributed by atoms with E-state index in [1.807, 2.05) is 0 Å². The second kappa shape index (κ2) is 18.3. The predicted molar refractivity (Wildman–Crippen MR) is 157 cm³/mol. The van der Waals surface area contributed by atoms with Crippen molar-refractivity contribution in [1.82, 2.24) is 16.0 Å². The molecule has 17 N–H and O–H groups in total. The molecule has 0 radical (unpaired) electrons. The SMILES string of the molecule is NC(=O)CC(NC(=O)C(CCCN=C(N)N)NC(=O)C(Cc1ccc(O)cc1)NC(=O)C(N)CCCN=C(N)N)C(=O)O. The molecule has 1 aromatic carbocycles. The van der Waals surface area contributed by atoms with Gasteiger partial charge in [-0.2, -0.15) is 0 Å². The van der Waals surface area contributed by atoms with E-state index in [9.17, 15) is 34.2 Å². The highest BCUT2D eigenvalue weighted by Crippen LogP contribution is 2.12. The number of benzene rings is 1. The third-order valence-corrected chi connectivity index (χ3v) is 5.91. The van der Waals surface area contributed by atoms with Crippen LogP contribution in [0.15, 0.2) is 34.3 Å². The first-order valence-corrected chi connectivity index (χ1v) is 13.3. The van der Waals surface area contributed by atoms with Gasteiger partial charge in [0.05, 0.1) is 12.5 Å². The fourth-order valence-electron chi connectivity index (χ4n) is 3.72. The number of carboxylic acid groups (broad SMARTS) is 1. The molecule has 0 spiro atoms. The van der Waals surface area contributed by atoms with Gasteiger partial charge >= 0.3 is 5.97 Å². The average Bonchev–Trinajstić information content (AvgIpc) is 2.92. The van der Waals surface area contributed by atoms with Crippen molar-refractivity contribution in [3.8, 4) is 5.75 Å². The van der Waals surface area contributed by atoms with Crippen LogP contribution < -0.4 is 50.4 Å². The molecule has 0 aliphatic rings. The van der Waals surface area contributed by atoms with Crippen molar-refractivity contribution in [2.24, 2.45) is 44.4 Å². The van der Waals surface area contributed by atoms with Crippen molar-refractivity contribution in [2.75, 3.05) is 13.1 Å². The van der Waals surface area contributed by atoms with Crippen molar-refractivity contribution in [2.45, 2.75) is 62.7 Å². The summed E-state index contributed by atoms with van der Waals surface area (Å²) in [5.74, 6) is -5.16. The number of carbonyl (C=O) groups is 5. The third kappa shape index (κ3) is 14.9. The number of nitrogens with one attached hydrogen (secondary N) is 3. The van der Waals surface area contributed by atoms with E-state index in [1.165, 1.54) is 24.3 Å². The standard InChI is InChI=1S/C25H41N11O7/c26-15(3-1-9-32-24(28)29)20(39)35-17(11-13-5-7-14(37)8-6-13)22(41)34-16(4-2-10-33-25(30)31)21(40)36-18(23(42)43)12-19(27)38/h5-8,15-18,37H,1-4,9-12,26H2,(H2,27,38)(H,34,41)(H,35,39)(H,36,40)(H,42,43)(H4,28,29,32)(H4,30,31,33). The molecule has 0 fully saturated rings. The molecule has 0 aliphatic heterocycles. The zero-order valence-electron chi connectivity index (χ0n) is 23.6. The van der Waals surface area contributed by atoms with Crippen LogP contribution in [0.3, 0.4) is 0 Å². The van der Waals surface area contributed by atoms with E-state index >= 15 is 0 Å². The predicted octanol–water partition coefficient (Wildman–Crippen LogP) is -4.22. The molecule has 1 rings (SSSR count). The number of guanidine groups is 2. The number of hydrogen-bond donors (Lipinski definition) is 11. The lowest BCUT2D eigenvalue weighted by atomic mass is 10.0. The molecular weight excluding hydrogens is 566 g/mol. The number of nitrogens with two attached hydrogens (primary N) is 6. The van der Waals surface area contributed by atoms with E-state index in [1.54, 1.807) is 0 Å². The third-order valence-electron chi connectivity index (χ3n) is 5.91. The minimum atomic E-state index is -1.65. The highest BCUT2D eigenvalue weighted by Gasteiger charge is 2.31. The van der Waals surface area contributed by atoms with Gasteiger partial charge in [-0.05, 0) is 43.4 Å². The second-order valence-corrected chi connectivity index (χ2v) is 9.57. The highest BCUT2D eigenvalue weighted by atomic mass is 16.4. The lowest BCUT2D eigenvalue weighted by Gasteiger charge is -2.25. The van der Waals surface area contributed by atoms with Gasteiger partial charge in [0.1, 0.15) is 23.9 Å². The monoisotopic (exact) mass is 607 g/mol. The fourth-order valence-corrected chi connectivity index (χ4v) is 3.72. The molecule has 18 nitrogen and oxygen atoms in total. The van der Waals surface area contributed by atoms with Gasteiger partial charge < -0.3 is 60.6 Å². The number of nitrogens with zero attached hydrogens (tertiary/aromatic N) is 2. The molecule has 1 aromatic rings. The lowest BCUT2D eigenvalue weighted by Crippen LogP contribution is -2.57. The van der Waals surface area contributed by atoms with Crippen LogP contribution in [-0.4, -0.2) is 89.0 Å². The summed E-state index contributed by atoms with van der Waals surface area (Å²) in [6.07, 6.45) is -0.00452. The lowest BCUT2D eigenvalue weighted by molar-refractivity contribution is -0.143. The molecule has 18 heteroatoms. The Bertz CT molecular complexity index is 1170. The Balaban J connectivity index is 3.17. The van der Waals surface area contributed by atoms with Crippen LogP contribution in [0, 0.1) is 0 Å². The average molecular weight is 608 g/mol. The number of rotatable bonds is 19. The number of carboxylic acids is 1. The summed E-state index contributed by atoms with van der Waals surface area (Å²) < 4.78 is 0. The van der Waals surface area contributed by atoms with Crippen LogP contribution in [0.2, 0.25) is 0 Å². The summed E-state index contributed by atoms with van der Waals surface area (Å²) in [5.41, 5.74) is 32.9. The second-order valence-electron chi connectivity index (χ2n) is 9.57. The number of amides is 4. The molecule has 238 valence electrons. The van der Waals surface area contributed by atoms with Crippen LogP contribution in [0.4, 0.5) is 0 Å². The highest BCUT2D eigenvalue weighted by molar-refractivity contribution is 5.95. The summed E-state index contributed by atoms with van der Waals surface area (Å²) in [7, 11) is 0. The largest absolute Gasteiger partial charge is 0.508 e. The maximum atomic E-state index is 13.5. The smallest absolute Gasteiger partial charge is 0.326 e. The zero-order valence-corrected chi connectivity index (χ0v) is 23.6. The number of aromatic hydroxyl groups is 1. The summed E-state index contributed by atoms with van der Waals surface area (Å²) in [6, 6.07) is 0.645. The number of hydrogen-bond acceptors (Lipinski definition) is 9. The number of aliphatic carboxylic acids is 1. The van der Waals surface area contributed by atoms with Crippen molar-refractivity contribution >= 4 is 41.5 Å². The molecule has 0 bridgehead atoms. The summed E-state index contributed by atoms with van der Waals surface area (Å²) in [4.78, 5) is 69.9. The van der Waals surface area contributed by atoms with Crippen molar-refractivity contribution in [1.29, 1.82) is 0 Å². The fraction of sp³-hybridized carbons (Fsp3) is 0.480. The van der Waals surface area contributed by atoms with E-state index in [0.717, 1.165) is 0 Å². The van der Waals surface area contributed by atoms with E-state index in [2.05, 4.69) is 25.9 Å². The van der Waals surface area contributed by atoms with Crippen molar-refractivity contribution < 1.29 is 34.2 Å². The van der Waals surface area contributed by atoms with Crippen molar-refractivity contribution in [3.05, 3.63) is 29.8 Å². The molecule has 4 unspecified atom stereocenters. The van der Waals surface area contributed by atoms with Crippen LogP contribution in [0.25, 0.3) is 0 Å². The Labute approximate surface area is 247 Å². The molecule has 43 heavy (non-hydrogen) atoms. The Morgan fingerprint density at radius 1 is 0.721 bits per heavy atom. The maximum Gasteiger partial charge on any atom is 0.326 e. The minimum absolute atomic E-state index is 0.0157.